The number of halogens is 1. The Bertz CT molecular complexity index is 1010. The van der Waals surface area contributed by atoms with Crippen LogP contribution in [0, 0.1) is 6.92 Å². The van der Waals surface area contributed by atoms with E-state index in [0.29, 0.717) is 16.8 Å². The van der Waals surface area contributed by atoms with Gasteiger partial charge in [0.05, 0.1) is 6.21 Å². The second-order valence-electron chi connectivity index (χ2n) is 6.15. The van der Waals surface area contributed by atoms with Crippen LogP contribution < -0.4 is 10.7 Å². The zero-order valence-electron chi connectivity index (χ0n) is 15.1. The van der Waals surface area contributed by atoms with Gasteiger partial charge in [-0.15, -0.1) is 0 Å². The number of nitrogens with one attached hydrogen (secondary N) is 2. The number of anilines is 1. The number of nitrogens with zero attached hydrogens (tertiary/aromatic N) is 1. The van der Waals surface area contributed by atoms with Gasteiger partial charge in [0.15, 0.2) is 0 Å². The molecular formula is C22H18BrN3O2. The second kappa shape index (κ2) is 9.10. The van der Waals surface area contributed by atoms with Gasteiger partial charge in [0.1, 0.15) is 0 Å². The van der Waals surface area contributed by atoms with Gasteiger partial charge >= 0.3 is 0 Å². The molecule has 0 fully saturated rings. The van der Waals surface area contributed by atoms with Crippen LogP contribution in [0.25, 0.3) is 0 Å². The van der Waals surface area contributed by atoms with Crippen molar-refractivity contribution < 1.29 is 9.59 Å². The first kappa shape index (κ1) is 19.5. The Labute approximate surface area is 171 Å². The van der Waals surface area contributed by atoms with E-state index in [1.54, 1.807) is 36.5 Å². The molecule has 5 nitrogen and oxygen atoms in total. The molecule has 2 amide bonds. The van der Waals surface area contributed by atoms with Crippen LogP contribution in [0.1, 0.15) is 31.8 Å². The Balaban J connectivity index is 1.58. The molecule has 0 saturated carbocycles. The molecule has 0 atom stereocenters. The normalized spacial score (nSPS) is 10.6. The summed E-state index contributed by atoms with van der Waals surface area (Å²) in [7, 11) is 0. The fourth-order valence-electron chi connectivity index (χ4n) is 2.47. The summed E-state index contributed by atoms with van der Waals surface area (Å²) in [5.74, 6) is -0.523. The highest BCUT2D eigenvalue weighted by Gasteiger charge is 2.08. The van der Waals surface area contributed by atoms with Crippen LogP contribution in [0.4, 0.5) is 5.69 Å². The summed E-state index contributed by atoms with van der Waals surface area (Å²) < 4.78 is 0.975. The van der Waals surface area contributed by atoms with Gasteiger partial charge in [-0.05, 0) is 61.0 Å². The first-order valence-corrected chi connectivity index (χ1v) is 9.37. The molecule has 0 aliphatic carbocycles. The molecule has 0 aliphatic rings. The number of carbonyl (C=O) groups excluding carboxylic acids is 2. The van der Waals surface area contributed by atoms with Gasteiger partial charge in [0.2, 0.25) is 0 Å². The summed E-state index contributed by atoms with van der Waals surface area (Å²) in [5, 5.41) is 6.77. The highest BCUT2D eigenvalue weighted by Crippen LogP contribution is 2.13. The minimum absolute atomic E-state index is 0.194. The molecule has 0 bridgehead atoms. The largest absolute Gasteiger partial charge is 0.322 e. The highest BCUT2D eigenvalue weighted by atomic mass is 79.9. The van der Waals surface area contributed by atoms with Crippen molar-refractivity contribution in [3.8, 4) is 0 Å². The molecule has 0 radical (unpaired) electrons. The number of benzene rings is 3. The first-order chi connectivity index (χ1) is 13.5. The van der Waals surface area contributed by atoms with Gasteiger partial charge in [0, 0.05) is 21.3 Å². The minimum atomic E-state index is -0.329. The Morgan fingerprint density at radius 2 is 1.61 bits per heavy atom. The molecule has 2 N–H and O–H groups in total. The van der Waals surface area contributed by atoms with E-state index in [9.17, 15) is 9.59 Å². The summed E-state index contributed by atoms with van der Waals surface area (Å²) >= 11 is 3.36. The summed E-state index contributed by atoms with van der Waals surface area (Å²) in [6.45, 7) is 1.93. The molecule has 0 aromatic heterocycles. The molecule has 0 saturated heterocycles. The van der Waals surface area contributed by atoms with Gasteiger partial charge in [0.25, 0.3) is 11.8 Å². The Morgan fingerprint density at radius 1 is 0.893 bits per heavy atom. The standard InChI is InChI=1S/C22H18BrN3O2/c1-15-3-2-4-18(13-15)21(27)25-20-11-7-17(8-12-20)22(28)26-24-14-16-5-9-19(23)10-6-16/h2-14H,1H3,(H,25,27)(H,26,28)/b24-14-. The third-order valence-corrected chi connectivity index (χ3v) is 4.46. The lowest BCUT2D eigenvalue weighted by Gasteiger charge is -2.07. The molecule has 3 aromatic carbocycles. The molecule has 6 heteroatoms. The smallest absolute Gasteiger partial charge is 0.271 e. The van der Waals surface area contributed by atoms with Crippen LogP contribution >= 0.6 is 15.9 Å². The van der Waals surface area contributed by atoms with E-state index in [4.69, 9.17) is 0 Å². The molecule has 140 valence electrons. The number of hydrazone groups is 1. The number of aryl methyl sites for hydroxylation is 1. The maximum atomic E-state index is 12.3. The summed E-state index contributed by atoms with van der Waals surface area (Å²) in [6.07, 6.45) is 1.57. The van der Waals surface area contributed by atoms with Gasteiger partial charge in [-0.2, -0.15) is 5.10 Å². The molecule has 3 aromatic rings. The van der Waals surface area contributed by atoms with E-state index in [1.807, 2.05) is 49.4 Å². The SMILES string of the molecule is Cc1cccc(C(=O)Nc2ccc(C(=O)N/N=C\c3ccc(Br)cc3)cc2)c1. The first-order valence-electron chi connectivity index (χ1n) is 8.58. The van der Waals surface area contributed by atoms with Crippen molar-refractivity contribution in [2.75, 3.05) is 5.32 Å². The van der Waals surface area contributed by atoms with Crippen LogP contribution in [0.15, 0.2) is 82.4 Å². The topological polar surface area (TPSA) is 70.6 Å². The molecule has 3 rings (SSSR count). The predicted octanol–water partition coefficient (Wildman–Crippen LogP) is 4.77. The summed E-state index contributed by atoms with van der Waals surface area (Å²) in [6, 6.07) is 21.5. The molecule has 0 unspecified atom stereocenters. The molecular weight excluding hydrogens is 418 g/mol. The van der Waals surface area contributed by atoms with E-state index in [1.165, 1.54) is 0 Å². The molecule has 0 heterocycles. The van der Waals surface area contributed by atoms with Crippen LogP contribution in [0.5, 0.6) is 0 Å². The number of rotatable bonds is 5. The Kier molecular flexibility index (Phi) is 6.34. The van der Waals surface area contributed by atoms with Gasteiger partial charge in [-0.25, -0.2) is 5.43 Å². The van der Waals surface area contributed by atoms with E-state index >= 15 is 0 Å². The summed E-state index contributed by atoms with van der Waals surface area (Å²) in [5.41, 5.74) is 6.02. The monoisotopic (exact) mass is 435 g/mol. The van der Waals surface area contributed by atoms with Crippen molar-refractivity contribution in [2.45, 2.75) is 6.92 Å². The van der Waals surface area contributed by atoms with Crippen molar-refractivity contribution in [3.05, 3.63) is 99.5 Å². The van der Waals surface area contributed by atoms with Gasteiger partial charge < -0.3 is 5.32 Å². The van der Waals surface area contributed by atoms with E-state index in [-0.39, 0.29) is 11.8 Å². The predicted molar refractivity (Wildman–Crippen MR) is 115 cm³/mol. The second-order valence-corrected chi connectivity index (χ2v) is 7.07. The molecule has 0 spiro atoms. The van der Waals surface area contributed by atoms with Crippen molar-refractivity contribution in [1.29, 1.82) is 0 Å². The zero-order chi connectivity index (χ0) is 19.9. The van der Waals surface area contributed by atoms with E-state index in [0.717, 1.165) is 15.6 Å². The number of amides is 2. The van der Waals surface area contributed by atoms with Gasteiger partial charge in [-0.3, -0.25) is 9.59 Å². The summed E-state index contributed by atoms with van der Waals surface area (Å²) in [4.78, 5) is 24.4. The lowest BCUT2D eigenvalue weighted by atomic mass is 10.1. The zero-order valence-corrected chi connectivity index (χ0v) is 16.7. The van der Waals surface area contributed by atoms with Crippen LogP contribution in [0.2, 0.25) is 0 Å². The average molecular weight is 436 g/mol. The van der Waals surface area contributed by atoms with Crippen LogP contribution in [0.3, 0.4) is 0 Å². The van der Waals surface area contributed by atoms with Crippen molar-refractivity contribution in [2.24, 2.45) is 5.10 Å². The number of hydrogen-bond donors (Lipinski definition) is 2. The van der Waals surface area contributed by atoms with Crippen molar-refractivity contribution in [3.63, 3.8) is 0 Å². The minimum Gasteiger partial charge on any atom is -0.322 e. The van der Waals surface area contributed by atoms with E-state index < -0.39 is 0 Å². The molecule has 28 heavy (non-hydrogen) atoms. The Hall–Kier alpha value is -3.25. The lowest BCUT2D eigenvalue weighted by molar-refractivity contribution is 0.0954. The quantitative estimate of drug-likeness (QED) is 0.447. The van der Waals surface area contributed by atoms with Crippen LogP contribution in [-0.4, -0.2) is 18.0 Å². The van der Waals surface area contributed by atoms with Crippen molar-refractivity contribution in [1.82, 2.24) is 5.43 Å². The molecule has 0 aliphatic heterocycles. The van der Waals surface area contributed by atoms with E-state index in [2.05, 4.69) is 31.8 Å². The van der Waals surface area contributed by atoms with Crippen molar-refractivity contribution >= 4 is 39.6 Å². The third-order valence-electron chi connectivity index (χ3n) is 3.93. The number of hydrogen-bond acceptors (Lipinski definition) is 3. The average Bonchev–Trinajstić information content (AvgIpc) is 2.70. The van der Waals surface area contributed by atoms with Crippen LogP contribution in [-0.2, 0) is 0 Å². The fraction of sp³-hybridized carbons (Fsp3) is 0.0455. The number of carbonyl (C=O) groups is 2. The van der Waals surface area contributed by atoms with Gasteiger partial charge in [-0.1, -0.05) is 45.8 Å². The fourth-order valence-corrected chi connectivity index (χ4v) is 2.74. The lowest BCUT2D eigenvalue weighted by Crippen LogP contribution is -2.17. The maximum absolute atomic E-state index is 12.3. The maximum Gasteiger partial charge on any atom is 0.271 e. The highest BCUT2D eigenvalue weighted by molar-refractivity contribution is 9.10. The Morgan fingerprint density at radius 3 is 2.29 bits per heavy atom. The third kappa shape index (κ3) is 5.37.